The molecule has 1 aromatic carbocycles. The third-order valence-corrected chi connectivity index (χ3v) is 3.95. The highest BCUT2D eigenvalue weighted by molar-refractivity contribution is 6.16. The van der Waals surface area contributed by atoms with Gasteiger partial charge in [-0.1, -0.05) is 0 Å². The van der Waals surface area contributed by atoms with Gasteiger partial charge in [-0.2, -0.15) is 0 Å². The summed E-state index contributed by atoms with van der Waals surface area (Å²) in [5.41, 5.74) is 1.20. The number of hydrogen-bond donors (Lipinski definition) is 2. The Bertz CT molecular complexity index is 1090. The third-order valence-electron chi connectivity index (χ3n) is 3.95. The highest BCUT2D eigenvalue weighted by Crippen LogP contribution is 2.26. The molecular weight excluding hydrogens is 334 g/mol. The van der Waals surface area contributed by atoms with Gasteiger partial charge in [-0.05, 0) is 25.1 Å². The number of nitrogens with one attached hydrogen (secondary N) is 2. The molecule has 2 aromatic heterocycles. The second-order valence-corrected chi connectivity index (χ2v) is 6.03. The predicted octanol–water partition coefficient (Wildman–Crippen LogP) is 2.44. The van der Waals surface area contributed by atoms with E-state index in [0.717, 1.165) is 0 Å². The Morgan fingerprint density at radius 1 is 1.27 bits per heavy atom. The molecule has 0 radical (unpaired) electrons. The van der Waals surface area contributed by atoms with Gasteiger partial charge >= 0.3 is 5.97 Å². The lowest BCUT2D eigenvalue weighted by Gasteiger charge is -2.06. The maximum Gasteiger partial charge on any atom is 0.340 e. The van der Waals surface area contributed by atoms with Crippen molar-refractivity contribution in [1.82, 2.24) is 14.9 Å². The molecule has 26 heavy (non-hydrogen) atoms. The van der Waals surface area contributed by atoms with E-state index >= 15 is 0 Å². The van der Waals surface area contributed by atoms with Crippen LogP contribution in [0, 0.1) is 0 Å². The zero-order valence-corrected chi connectivity index (χ0v) is 14.8. The van der Waals surface area contributed by atoms with Gasteiger partial charge in [-0.3, -0.25) is 9.59 Å². The van der Waals surface area contributed by atoms with Crippen LogP contribution in [-0.2, 0) is 4.74 Å². The Balaban J connectivity index is 2.24. The molecule has 3 rings (SSSR count). The smallest absolute Gasteiger partial charge is 0.340 e. The number of fused-ring (bicyclic) bond motifs is 3. The average molecular weight is 353 g/mol. The van der Waals surface area contributed by atoms with Crippen molar-refractivity contribution in [2.45, 2.75) is 6.92 Å². The number of carbonyl (C=O) groups is 2. The molecule has 0 aliphatic rings. The summed E-state index contributed by atoms with van der Waals surface area (Å²) in [6.07, 6.45) is 4.58. The van der Waals surface area contributed by atoms with Gasteiger partial charge < -0.3 is 19.6 Å². The number of esters is 1. The van der Waals surface area contributed by atoms with E-state index in [0.29, 0.717) is 21.9 Å². The summed E-state index contributed by atoms with van der Waals surface area (Å²) in [7, 11) is 3.65. The Kier molecular flexibility index (Phi) is 4.62. The standard InChI is InChI=1S/C19H19N3O4/c1-4-26-19(25)13-10-20-17-16(13)12-9-11(15(23)7-8-22(2)3)5-6-14(12)21-18(17)24/h5-10,20H,4H2,1-3H3,(H,21,24)/b8-7+. The number of hydrogen-bond acceptors (Lipinski definition) is 5. The minimum atomic E-state index is -0.519. The first-order valence-corrected chi connectivity index (χ1v) is 8.15. The molecule has 0 bridgehead atoms. The van der Waals surface area contributed by atoms with E-state index in [2.05, 4.69) is 9.97 Å². The lowest BCUT2D eigenvalue weighted by atomic mass is 10.0. The fourth-order valence-electron chi connectivity index (χ4n) is 2.76. The maximum absolute atomic E-state index is 12.4. The SMILES string of the molecule is CCOC(=O)c1c[nH]c2c(=O)[nH]c3ccc(C(=O)/C=C/N(C)C)cc3c12. The Labute approximate surface area is 149 Å². The van der Waals surface area contributed by atoms with Crippen LogP contribution in [0.5, 0.6) is 0 Å². The lowest BCUT2D eigenvalue weighted by molar-refractivity contribution is 0.0528. The van der Waals surface area contributed by atoms with Gasteiger partial charge in [0.15, 0.2) is 5.78 Å². The summed E-state index contributed by atoms with van der Waals surface area (Å²) in [6, 6.07) is 4.98. The summed E-state index contributed by atoms with van der Waals surface area (Å²) in [4.78, 5) is 44.2. The van der Waals surface area contributed by atoms with E-state index in [1.165, 1.54) is 12.3 Å². The van der Waals surface area contributed by atoms with E-state index in [-0.39, 0.29) is 29.0 Å². The summed E-state index contributed by atoms with van der Waals surface area (Å²) >= 11 is 0. The molecule has 0 atom stereocenters. The quantitative estimate of drug-likeness (QED) is 0.417. The molecule has 0 aliphatic heterocycles. The first-order chi connectivity index (χ1) is 12.4. The van der Waals surface area contributed by atoms with Gasteiger partial charge in [0.25, 0.3) is 5.56 Å². The first-order valence-electron chi connectivity index (χ1n) is 8.15. The molecular formula is C19H19N3O4. The average Bonchev–Trinajstić information content (AvgIpc) is 3.06. The maximum atomic E-state index is 12.4. The number of benzene rings is 1. The summed E-state index contributed by atoms with van der Waals surface area (Å²) in [5, 5.41) is 1.06. The van der Waals surface area contributed by atoms with Crippen LogP contribution in [0.2, 0.25) is 0 Å². The second kappa shape index (κ2) is 6.87. The molecule has 0 fully saturated rings. The predicted molar refractivity (Wildman–Crippen MR) is 99.5 cm³/mol. The van der Waals surface area contributed by atoms with Crippen molar-refractivity contribution in [3.8, 4) is 0 Å². The highest BCUT2D eigenvalue weighted by Gasteiger charge is 2.18. The molecule has 2 N–H and O–H groups in total. The normalized spacial score (nSPS) is 11.3. The number of ketones is 1. The number of H-pyrrole nitrogens is 2. The monoisotopic (exact) mass is 353 g/mol. The van der Waals surface area contributed by atoms with Crippen molar-refractivity contribution in [1.29, 1.82) is 0 Å². The number of aromatic nitrogens is 2. The molecule has 0 unspecified atom stereocenters. The number of allylic oxidation sites excluding steroid dienone is 1. The minimum absolute atomic E-state index is 0.173. The van der Waals surface area contributed by atoms with Crippen LogP contribution in [-0.4, -0.2) is 47.3 Å². The third kappa shape index (κ3) is 3.11. The molecule has 2 heterocycles. The van der Waals surface area contributed by atoms with Crippen molar-refractivity contribution < 1.29 is 14.3 Å². The van der Waals surface area contributed by atoms with Crippen molar-refractivity contribution >= 4 is 33.6 Å². The van der Waals surface area contributed by atoms with Crippen LogP contribution < -0.4 is 5.56 Å². The highest BCUT2D eigenvalue weighted by atomic mass is 16.5. The molecule has 0 spiro atoms. The summed E-state index contributed by atoms with van der Waals surface area (Å²) in [5.74, 6) is -0.692. The van der Waals surface area contributed by atoms with Crippen LogP contribution in [0.15, 0.2) is 41.5 Å². The fraction of sp³-hybridized carbons (Fsp3) is 0.211. The molecule has 0 aliphatic carbocycles. The number of carbonyl (C=O) groups excluding carboxylic acids is 2. The van der Waals surface area contributed by atoms with Gasteiger partial charge in [0.2, 0.25) is 0 Å². The molecule has 7 nitrogen and oxygen atoms in total. The fourth-order valence-corrected chi connectivity index (χ4v) is 2.76. The Morgan fingerprint density at radius 3 is 2.73 bits per heavy atom. The van der Waals surface area contributed by atoms with Crippen molar-refractivity contribution in [2.75, 3.05) is 20.7 Å². The number of pyridine rings is 1. The van der Waals surface area contributed by atoms with Gasteiger partial charge in [-0.25, -0.2) is 4.79 Å². The van der Waals surface area contributed by atoms with Crippen LogP contribution in [0.25, 0.3) is 21.8 Å². The molecule has 7 heteroatoms. The summed E-state index contributed by atoms with van der Waals surface area (Å²) < 4.78 is 5.07. The second-order valence-electron chi connectivity index (χ2n) is 6.03. The number of ether oxygens (including phenoxy) is 1. The van der Waals surface area contributed by atoms with Crippen LogP contribution >= 0.6 is 0 Å². The number of rotatable bonds is 5. The van der Waals surface area contributed by atoms with Crippen LogP contribution in [0.1, 0.15) is 27.6 Å². The van der Waals surface area contributed by atoms with Crippen LogP contribution in [0.3, 0.4) is 0 Å². The first kappa shape index (κ1) is 17.5. The zero-order chi connectivity index (χ0) is 18.8. The topological polar surface area (TPSA) is 95.3 Å². The van der Waals surface area contributed by atoms with Gasteiger partial charge in [0.1, 0.15) is 5.52 Å². The van der Waals surface area contributed by atoms with E-state index in [9.17, 15) is 14.4 Å². The minimum Gasteiger partial charge on any atom is -0.462 e. The lowest BCUT2D eigenvalue weighted by Crippen LogP contribution is -2.09. The van der Waals surface area contributed by atoms with Gasteiger partial charge in [0.05, 0.1) is 12.2 Å². The van der Waals surface area contributed by atoms with E-state index < -0.39 is 5.97 Å². The summed E-state index contributed by atoms with van der Waals surface area (Å²) in [6.45, 7) is 1.94. The Morgan fingerprint density at radius 2 is 2.04 bits per heavy atom. The van der Waals surface area contributed by atoms with Crippen LogP contribution in [0.4, 0.5) is 0 Å². The number of nitrogens with zero attached hydrogens (tertiary/aromatic N) is 1. The van der Waals surface area contributed by atoms with E-state index in [4.69, 9.17) is 4.74 Å². The molecule has 0 amide bonds. The molecule has 0 saturated heterocycles. The van der Waals surface area contributed by atoms with Gasteiger partial charge in [0, 0.05) is 54.4 Å². The Hall–Kier alpha value is -3.35. The van der Waals surface area contributed by atoms with Crippen molar-refractivity contribution in [2.24, 2.45) is 0 Å². The van der Waals surface area contributed by atoms with Crippen molar-refractivity contribution in [3.05, 3.63) is 58.2 Å². The molecule has 0 saturated carbocycles. The van der Waals surface area contributed by atoms with E-state index in [1.54, 1.807) is 36.2 Å². The molecule has 3 aromatic rings. The number of aromatic amines is 2. The van der Waals surface area contributed by atoms with Crippen molar-refractivity contribution in [3.63, 3.8) is 0 Å². The molecule has 134 valence electrons. The largest absolute Gasteiger partial charge is 0.462 e. The van der Waals surface area contributed by atoms with E-state index in [1.807, 2.05) is 14.1 Å². The zero-order valence-electron chi connectivity index (χ0n) is 14.8. The van der Waals surface area contributed by atoms with Gasteiger partial charge in [-0.15, -0.1) is 0 Å².